The highest BCUT2D eigenvalue weighted by atomic mass is 16.4. The van der Waals surface area contributed by atoms with Crippen LogP contribution in [0.15, 0.2) is 370 Å². The van der Waals surface area contributed by atoms with E-state index < -0.39 is 5.41 Å². The second kappa shape index (κ2) is 22.1. The lowest BCUT2D eigenvalue weighted by molar-refractivity contribution is 0.573. The van der Waals surface area contributed by atoms with Crippen molar-refractivity contribution in [2.75, 3.05) is 39.2 Å². The van der Waals surface area contributed by atoms with E-state index in [4.69, 9.17) is 17.7 Å². The molecule has 0 N–H and O–H groups in total. The Morgan fingerprint density at radius 1 is 0.178 bits per heavy atom. The van der Waals surface area contributed by atoms with Crippen molar-refractivity contribution in [1.82, 2.24) is 0 Å². The quantitative estimate of drug-likeness (QED) is 0.131. The predicted octanol–water partition coefficient (Wildman–Crippen LogP) is 25.4. The average Bonchev–Trinajstić information content (AvgIpc) is 1.58. The molecular weight excluding hydrogens is 1250 g/mol. The standard InChI is InChI=1S/C89H58N8O4/c1-3-27-67-65(25-1)66-26-2-4-28-68(66)89(67,59-53-61(90-69-29-5-13-37-77(69)94(85-45-21-49-98-85)78-38-14-6-30-70(78)90)57-62(54-59)91-71-31-7-15-39-79(71)95(86-46-22-50-99-86)80-40-16-8-32-72(80)91)60-55-63(92-73-33-9-17-41-81(73)96(87-47-23-51-100-87)82-42-18-10-34-74(82)92)58-64(56-60)93-75-35-11-19-43-83(75)97(88-48-24-52-101-88)84-44-20-12-36-76(84)93/h1-58H. The molecule has 478 valence electrons. The Labute approximate surface area is 582 Å². The third-order valence-electron chi connectivity index (χ3n) is 20.5. The lowest BCUT2D eigenvalue weighted by Gasteiger charge is -2.43. The molecule has 0 amide bonds. The van der Waals surface area contributed by atoms with Crippen LogP contribution in [0.2, 0.25) is 0 Å². The van der Waals surface area contributed by atoms with Crippen LogP contribution in [0.5, 0.6) is 0 Å². The molecule has 0 bridgehead atoms. The molecule has 4 aromatic heterocycles. The van der Waals surface area contributed by atoms with Gasteiger partial charge in [-0.1, -0.05) is 146 Å². The molecule has 4 aliphatic heterocycles. The van der Waals surface area contributed by atoms with Gasteiger partial charge in [0, 0.05) is 47.0 Å². The van der Waals surface area contributed by atoms with Crippen molar-refractivity contribution in [2.45, 2.75) is 5.41 Å². The highest BCUT2D eigenvalue weighted by Crippen LogP contribution is 2.65. The third kappa shape index (κ3) is 8.24. The molecule has 21 rings (SSSR count). The van der Waals surface area contributed by atoms with E-state index in [0.717, 1.165) is 171 Å². The van der Waals surface area contributed by atoms with Gasteiger partial charge in [0.2, 0.25) is 23.5 Å². The number of nitrogens with zero attached hydrogens (tertiary/aromatic N) is 8. The molecule has 16 aromatic rings. The minimum Gasteiger partial charge on any atom is -0.448 e. The maximum absolute atomic E-state index is 6.34. The van der Waals surface area contributed by atoms with Gasteiger partial charge in [-0.15, -0.1) is 0 Å². The Hall–Kier alpha value is -13.8. The summed E-state index contributed by atoms with van der Waals surface area (Å²) in [5, 5.41) is 0. The summed E-state index contributed by atoms with van der Waals surface area (Å²) in [5.41, 5.74) is 25.1. The second-order valence-electron chi connectivity index (χ2n) is 25.7. The monoisotopic (exact) mass is 1300 g/mol. The summed E-state index contributed by atoms with van der Waals surface area (Å²) in [4.78, 5) is 18.8. The fourth-order valence-electron chi connectivity index (χ4n) is 16.6. The topological polar surface area (TPSA) is 78.5 Å². The number of furan rings is 4. The molecule has 0 radical (unpaired) electrons. The van der Waals surface area contributed by atoms with Gasteiger partial charge < -0.3 is 37.3 Å². The number of hydrogen-bond donors (Lipinski definition) is 0. The van der Waals surface area contributed by atoms with Gasteiger partial charge in [0.05, 0.1) is 121 Å². The number of hydrogen-bond acceptors (Lipinski definition) is 12. The van der Waals surface area contributed by atoms with Crippen LogP contribution in [-0.2, 0) is 5.41 Å². The number of benzene rings is 12. The Balaban J connectivity index is 0.899. The van der Waals surface area contributed by atoms with Crippen molar-refractivity contribution in [2.24, 2.45) is 0 Å². The molecule has 0 saturated carbocycles. The van der Waals surface area contributed by atoms with E-state index in [0.29, 0.717) is 0 Å². The van der Waals surface area contributed by atoms with Gasteiger partial charge in [0.1, 0.15) is 0 Å². The number of para-hydroxylation sites is 16. The van der Waals surface area contributed by atoms with Gasteiger partial charge >= 0.3 is 0 Å². The maximum Gasteiger partial charge on any atom is 0.204 e. The van der Waals surface area contributed by atoms with Gasteiger partial charge in [-0.25, -0.2) is 0 Å². The zero-order valence-electron chi connectivity index (χ0n) is 54.2. The number of anilines is 24. The average molecular weight is 1300 g/mol. The van der Waals surface area contributed by atoms with Crippen LogP contribution in [0.3, 0.4) is 0 Å². The number of fused-ring (bicyclic) bond motifs is 11. The molecular formula is C89H58N8O4. The van der Waals surface area contributed by atoms with Crippen molar-refractivity contribution < 1.29 is 17.7 Å². The highest BCUT2D eigenvalue weighted by Gasteiger charge is 2.49. The van der Waals surface area contributed by atoms with Crippen LogP contribution in [0.1, 0.15) is 22.3 Å². The van der Waals surface area contributed by atoms with Gasteiger partial charge in [0.25, 0.3) is 0 Å². The van der Waals surface area contributed by atoms with Crippen molar-refractivity contribution in [3.63, 3.8) is 0 Å². The zero-order valence-corrected chi connectivity index (χ0v) is 54.2. The van der Waals surface area contributed by atoms with E-state index >= 15 is 0 Å². The SMILES string of the molecule is c1coc(N2c3ccccc3N(c3cc(N4c5ccccc5N(c5ccco5)c5ccccc54)cc(C4(c5cc(N6c7ccccc7N(c7ccco7)c7ccccc76)cc(N6c7ccccc7N(c7ccco7)c7ccccc76)c5)c5ccccc5-c5ccccc54)c3)c3ccccc32)c1. The normalized spacial score (nSPS) is 14.1. The fourth-order valence-corrected chi connectivity index (χ4v) is 16.6. The fraction of sp³-hybridized carbons (Fsp3) is 0.0112. The molecule has 101 heavy (non-hydrogen) atoms. The third-order valence-corrected chi connectivity index (χ3v) is 20.5. The Morgan fingerprint density at radius 3 is 0.564 bits per heavy atom. The molecule has 0 spiro atoms. The molecule has 8 heterocycles. The first-order valence-electron chi connectivity index (χ1n) is 33.9. The van der Waals surface area contributed by atoms with E-state index in [9.17, 15) is 0 Å². The van der Waals surface area contributed by atoms with Crippen LogP contribution >= 0.6 is 0 Å². The summed E-state index contributed by atoms with van der Waals surface area (Å²) < 4.78 is 25.4. The van der Waals surface area contributed by atoms with Crippen LogP contribution < -0.4 is 39.2 Å². The van der Waals surface area contributed by atoms with Gasteiger partial charge in [-0.3, -0.25) is 19.6 Å². The molecule has 0 fully saturated rings. The molecule has 1 aliphatic carbocycles. The van der Waals surface area contributed by atoms with E-state index in [1.807, 2.05) is 48.5 Å². The Kier molecular flexibility index (Phi) is 12.3. The molecule has 12 aromatic carbocycles. The molecule has 12 heteroatoms. The molecule has 0 saturated heterocycles. The van der Waals surface area contributed by atoms with Crippen molar-refractivity contribution in [1.29, 1.82) is 0 Å². The number of rotatable bonds is 10. The van der Waals surface area contributed by atoms with Crippen LogP contribution in [0.4, 0.5) is 137 Å². The summed E-state index contributed by atoms with van der Waals surface area (Å²) in [5.74, 6) is 2.87. The second-order valence-corrected chi connectivity index (χ2v) is 25.7. The minimum atomic E-state index is -1.07. The maximum atomic E-state index is 6.34. The van der Waals surface area contributed by atoms with Crippen molar-refractivity contribution in [3.8, 4) is 11.1 Å². The molecule has 0 unspecified atom stereocenters. The minimum absolute atomic E-state index is 0.718. The van der Waals surface area contributed by atoms with Gasteiger partial charge in [-0.2, -0.15) is 0 Å². The Morgan fingerprint density at radius 2 is 0.366 bits per heavy atom. The van der Waals surface area contributed by atoms with E-state index in [-0.39, 0.29) is 0 Å². The van der Waals surface area contributed by atoms with E-state index in [1.54, 1.807) is 25.1 Å². The molecule has 12 nitrogen and oxygen atoms in total. The summed E-state index contributed by atoms with van der Waals surface area (Å²) in [6.07, 6.45) is 6.99. The first kappa shape index (κ1) is 56.3. The molecule has 0 atom stereocenters. The van der Waals surface area contributed by atoms with Crippen molar-refractivity contribution >= 4 is 137 Å². The van der Waals surface area contributed by atoms with Crippen LogP contribution in [-0.4, -0.2) is 0 Å². The van der Waals surface area contributed by atoms with Gasteiger partial charge in [0.15, 0.2) is 0 Å². The van der Waals surface area contributed by atoms with Gasteiger partial charge in [-0.05, 0) is 191 Å². The predicted molar refractivity (Wildman–Crippen MR) is 405 cm³/mol. The summed E-state index contributed by atoms with van der Waals surface area (Å²) in [6.45, 7) is 0. The lowest BCUT2D eigenvalue weighted by Crippen LogP contribution is -2.31. The molecule has 5 aliphatic rings. The summed E-state index contributed by atoms with van der Waals surface area (Å²) >= 11 is 0. The first-order valence-corrected chi connectivity index (χ1v) is 33.9. The van der Waals surface area contributed by atoms with Crippen LogP contribution in [0.25, 0.3) is 11.1 Å². The highest BCUT2D eigenvalue weighted by molar-refractivity contribution is 6.07. The summed E-state index contributed by atoms with van der Waals surface area (Å²) in [6, 6.07) is 118. The van der Waals surface area contributed by atoms with Crippen molar-refractivity contribution in [3.05, 3.63) is 375 Å². The smallest absolute Gasteiger partial charge is 0.204 e. The largest absolute Gasteiger partial charge is 0.448 e. The zero-order chi connectivity index (χ0) is 66.3. The van der Waals surface area contributed by atoms with E-state index in [1.165, 1.54) is 0 Å². The first-order chi connectivity index (χ1) is 50.2. The van der Waals surface area contributed by atoms with Crippen LogP contribution in [0, 0.1) is 0 Å². The lowest BCUT2D eigenvalue weighted by atomic mass is 9.67. The summed E-state index contributed by atoms with van der Waals surface area (Å²) in [7, 11) is 0. The Bertz CT molecular complexity index is 5050. The van der Waals surface area contributed by atoms with E-state index in [2.05, 4.69) is 318 Å².